The Morgan fingerprint density at radius 2 is 0.805 bits per heavy atom. The molecule has 16 heteroatoms. The maximum atomic E-state index is 12.7. The number of carboxylic acid groups (broad SMARTS) is 1. The molecule has 16 nitrogen and oxygen atoms in total. The summed E-state index contributed by atoms with van der Waals surface area (Å²) in [5.41, 5.74) is 0. The third-order valence-corrected chi connectivity index (χ3v) is 13.6. The number of aliphatic carboxylic acids is 1. The molecule has 0 amide bonds. The largest absolute Gasteiger partial charge is 0.480 e. The highest BCUT2D eigenvalue weighted by atomic mass is 16.6. The summed E-state index contributed by atoms with van der Waals surface area (Å²) in [6, 6.07) is 0. The van der Waals surface area contributed by atoms with Crippen molar-refractivity contribution in [2.45, 2.75) is 282 Å². The van der Waals surface area contributed by atoms with Crippen molar-refractivity contribution in [2.75, 3.05) is 72.3 Å². The number of carbonyl (C=O) groups is 7. The maximum Gasteiger partial charge on any atom is 0.320 e. The van der Waals surface area contributed by atoms with Crippen molar-refractivity contribution in [1.82, 2.24) is 9.80 Å². The van der Waals surface area contributed by atoms with E-state index in [4.69, 9.17) is 28.8 Å². The van der Waals surface area contributed by atoms with Crippen LogP contribution in [0.1, 0.15) is 276 Å². The summed E-state index contributed by atoms with van der Waals surface area (Å²) in [6.07, 6.45) is 36.4. The van der Waals surface area contributed by atoms with Gasteiger partial charge in [-0.3, -0.25) is 43.4 Å². The van der Waals surface area contributed by atoms with Crippen molar-refractivity contribution in [3.8, 4) is 0 Å². The van der Waals surface area contributed by atoms with Gasteiger partial charge in [-0.15, -0.1) is 0 Å². The van der Waals surface area contributed by atoms with Gasteiger partial charge in [0.25, 0.3) is 6.47 Å². The standard InChI is InChI=1S/C32H59NO6.C22H41NO6.C8H14O2.2C2H6/c1-6-9-11-13-15-19-23-37-30(34)25-33(26-31(35)38-24-20-16-14-12-10-7-2)27-32(36)39-29(8-3)22-18-17-21-28(4)5;1-3-5-7-9-11-13-15-28-21(26)18-23(17-20(24)25)19-22(27)29-16-14-12-10-8-6-4-2;1-2-7-3-4-8(7)5-10-6-9;2*1-2/h18,22,28-29H,6-17,19-21,23-27H2,1-5H3;3-19H2,1-2H3,(H,24,25);6-8H,2-5H2,1H3;2*1-2H3/b22-18-;;;;. The lowest BCUT2D eigenvalue weighted by atomic mass is 9.73. The van der Waals surface area contributed by atoms with Gasteiger partial charge in [-0.25, -0.2) is 0 Å². The van der Waals surface area contributed by atoms with Crippen LogP contribution in [0.3, 0.4) is 0 Å². The Bertz CT molecular complexity index is 1440. The summed E-state index contributed by atoms with van der Waals surface area (Å²) in [5.74, 6) is -1.38. The summed E-state index contributed by atoms with van der Waals surface area (Å²) in [5, 5.41) is 9.00. The summed E-state index contributed by atoms with van der Waals surface area (Å²) >= 11 is 0. The third kappa shape index (κ3) is 60.5. The Morgan fingerprint density at radius 1 is 0.476 bits per heavy atom. The molecule has 3 unspecified atom stereocenters. The van der Waals surface area contributed by atoms with E-state index in [9.17, 15) is 33.6 Å². The highest BCUT2D eigenvalue weighted by Gasteiger charge is 2.29. The van der Waals surface area contributed by atoms with E-state index in [-0.39, 0.29) is 38.8 Å². The monoisotopic (exact) mass is 1170 g/mol. The molecular weight excluding hydrogens is 1040 g/mol. The summed E-state index contributed by atoms with van der Waals surface area (Å²) in [7, 11) is 0. The normalized spacial score (nSPS) is 13.6. The fraction of sp³-hybridized carbons (Fsp3) is 0.864. The molecule has 0 saturated heterocycles. The maximum absolute atomic E-state index is 12.7. The minimum Gasteiger partial charge on any atom is -0.480 e. The Hall–Kier alpha value is -4.05. The van der Waals surface area contributed by atoms with Crippen LogP contribution in [-0.4, -0.2) is 136 Å². The predicted octanol–water partition coefficient (Wildman–Crippen LogP) is 15.2. The lowest BCUT2D eigenvalue weighted by Crippen LogP contribution is -2.40. The van der Waals surface area contributed by atoms with E-state index in [0.717, 1.165) is 95.8 Å². The highest BCUT2D eigenvalue weighted by molar-refractivity contribution is 5.79. The number of allylic oxidation sites excluding steroid dienone is 1. The van der Waals surface area contributed by atoms with Crippen LogP contribution >= 0.6 is 0 Å². The molecule has 1 fully saturated rings. The Labute approximate surface area is 501 Å². The van der Waals surface area contributed by atoms with Gasteiger partial charge in [0, 0.05) is 0 Å². The molecule has 484 valence electrons. The zero-order valence-corrected chi connectivity index (χ0v) is 54.7. The SMILES string of the molecule is CC.CC.CCC1CCC1COC=O.CCCCCCCCOC(=O)CN(CC(=O)O)CC(=O)OCCCCCCCC.CCCCCCCCOC(=O)CN(CC(=O)OCCCCCCCC)CC(=O)OC(/C=C\CCC(C)C)CC. The fourth-order valence-electron chi connectivity index (χ4n) is 8.60. The molecule has 1 aliphatic carbocycles. The van der Waals surface area contributed by atoms with Gasteiger partial charge in [0.1, 0.15) is 6.10 Å². The Morgan fingerprint density at radius 3 is 1.10 bits per heavy atom. The number of rotatable bonds is 50. The number of hydrogen-bond acceptors (Lipinski definition) is 15. The van der Waals surface area contributed by atoms with Crippen molar-refractivity contribution >= 4 is 42.3 Å². The summed E-state index contributed by atoms with van der Waals surface area (Å²) < 4.78 is 31.4. The van der Waals surface area contributed by atoms with E-state index in [2.05, 4.69) is 59.3 Å². The van der Waals surface area contributed by atoms with E-state index in [1.165, 1.54) is 106 Å². The van der Waals surface area contributed by atoms with Crippen molar-refractivity contribution in [1.29, 1.82) is 0 Å². The van der Waals surface area contributed by atoms with E-state index in [0.29, 0.717) is 57.8 Å². The highest BCUT2D eigenvalue weighted by Crippen LogP contribution is 2.36. The number of carbonyl (C=O) groups excluding carboxylic acids is 6. The molecule has 0 spiro atoms. The zero-order valence-electron chi connectivity index (χ0n) is 54.7. The first kappa shape index (κ1) is 84.4. The molecule has 0 aromatic carbocycles. The molecule has 1 N–H and O–H groups in total. The third-order valence-electron chi connectivity index (χ3n) is 13.6. The molecule has 3 atom stereocenters. The van der Waals surface area contributed by atoms with Gasteiger partial charge in [-0.1, -0.05) is 224 Å². The van der Waals surface area contributed by atoms with E-state index in [1.54, 1.807) is 0 Å². The molecule has 0 aromatic rings. The van der Waals surface area contributed by atoms with Crippen LogP contribution in [0.15, 0.2) is 12.2 Å². The second-order valence-corrected chi connectivity index (χ2v) is 21.4. The van der Waals surface area contributed by atoms with Gasteiger partial charge in [0.15, 0.2) is 0 Å². The second-order valence-electron chi connectivity index (χ2n) is 21.4. The predicted molar refractivity (Wildman–Crippen MR) is 332 cm³/mol. The number of carboxylic acids is 1. The molecular formula is C66H126N2O14. The van der Waals surface area contributed by atoms with Crippen LogP contribution < -0.4 is 0 Å². The molecule has 0 heterocycles. The first-order valence-electron chi connectivity index (χ1n) is 32.9. The number of esters is 5. The fourth-order valence-corrected chi connectivity index (χ4v) is 8.60. The van der Waals surface area contributed by atoms with Gasteiger partial charge in [0.2, 0.25) is 0 Å². The van der Waals surface area contributed by atoms with Gasteiger partial charge >= 0.3 is 35.8 Å². The van der Waals surface area contributed by atoms with E-state index in [1.807, 2.05) is 40.7 Å². The van der Waals surface area contributed by atoms with Crippen LogP contribution in [0.5, 0.6) is 0 Å². The minimum atomic E-state index is -1.10. The summed E-state index contributed by atoms with van der Waals surface area (Å²) in [6.45, 7) is 26.4. The molecule has 0 bridgehead atoms. The molecule has 0 aliphatic heterocycles. The average molecular weight is 1170 g/mol. The van der Waals surface area contributed by atoms with Crippen LogP contribution in [0.2, 0.25) is 0 Å². The lowest BCUT2D eigenvalue weighted by Gasteiger charge is -2.34. The van der Waals surface area contributed by atoms with Gasteiger partial charge in [0.05, 0.1) is 72.3 Å². The van der Waals surface area contributed by atoms with Crippen molar-refractivity contribution in [2.24, 2.45) is 17.8 Å². The van der Waals surface area contributed by atoms with Gasteiger partial charge in [-0.05, 0) is 81.6 Å². The lowest BCUT2D eigenvalue weighted by molar-refractivity contribution is -0.155. The number of unbranched alkanes of at least 4 members (excludes halogenated alkanes) is 20. The molecule has 1 rings (SSSR count). The number of ether oxygens (including phenoxy) is 6. The Balaban J connectivity index is -0.000000615. The number of nitrogens with zero attached hydrogens (tertiary/aromatic N) is 2. The van der Waals surface area contributed by atoms with Crippen molar-refractivity contribution in [3.63, 3.8) is 0 Å². The molecule has 82 heavy (non-hydrogen) atoms. The first-order valence-corrected chi connectivity index (χ1v) is 32.9. The van der Waals surface area contributed by atoms with Crippen molar-refractivity contribution < 1.29 is 67.1 Å². The van der Waals surface area contributed by atoms with Gasteiger partial charge < -0.3 is 33.5 Å². The smallest absolute Gasteiger partial charge is 0.320 e. The second kappa shape index (κ2) is 66.1. The Kier molecular flexibility index (Phi) is 68.0. The molecule has 0 aromatic heterocycles. The minimum absolute atomic E-state index is 0.155. The summed E-state index contributed by atoms with van der Waals surface area (Å²) in [4.78, 5) is 85.0. The van der Waals surface area contributed by atoms with Crippen LogP contribution in [0.4, 0.5) is 0 Å². The average Bonchev–Trinajstić information content (AvgIpc) is 3.44. The van der Waals surface area contributed by atoms with Crippen LogP contribution in [-0.2, 0) is 62.0 Å². The van der Waals surface area contributed by atoms with Crippen LogP contribution in [0, 0.1) is 17.8 Å². The van der Waals surface area contributed by atoms with E-state index >= 15 is 0 Å². The van der Waals surface area contributed by atoms with Gasteiger partial charge in [-0.2, -0.15) is 0 Å². The molecule has 1 saturated carbocycles. The molecule has 0 radical (unpaired) electrons. The zero-order chi connectivity index (χ0) is 62.3. The molecule has 1 aliphatic rings. The van der Waals surface area contributed by atoms with E-state index < -0.39 is 42.4 Å². The topological polar surface area (TPSA) is 202 Å². The van der Waals surface area contributed by atoms with Crippen LogP contribution in [0.25, 0.3) is 0 Å². The first-order chi connectivity index (χ1) is 39.7. The number of hydrogen-bond donors (Lipinski definition) is 1. The van der Waals surface area contributed by atoms with Crippen molar-refractivity contribution in [3.05, 3.63) is 12.2 Å². The quantitative estimate of drug-likeness (QED) is 0.0198.